The van der Waals surface area contributed by atoms with Gasteiger partial charge in [0.2, 0.25) is 0 Å². The van der Waals surface area contributed by atoms with Gasteiger partial charge in [-0.25, -0.2) is 0 Å². The molecule has 2 rings (SSSR count). The summed E-state index contributed by atoms with van der Waals surface area (Å²) in [6, 6.07) is 8.02. The van der Waals surface area contributed by atoms with Crippen LogP contribution in [0.4, 0.5) is 0 Å². The highest BCUT2D eigenvalue weighted by atomic mass is 16.6. The van der Waals surface area contributed by atoms with Crippen molar-refractivity contribution in [1.29, 1.82) is 0 Å². The van der Waals surface area contributed by atoms with E-state index in [4.69, 9.17) is 9.47 Å². The monoisotopic (exact) mass is 641 g/mol. The normalized spacial score (nSPS) is 11.3. The van der Waals surface area contributed by atoms with E-state index < -0.39 is 0 Å². The van der Waals surface area contributed by atoms with E-state index in [1.54, 1.807) is 0 Å². The van der Waals surface area contributed by atoms with Gasteiger partial charge in [0.25, 0.3) is 0 Å². The molecule has 0 aliphatic heterocycles. The zero-order valence-electron chi connectivity index (χ0n) is 28.9. The smallest absolute Gasteiger partial charge is 0.306 e. The molecular weight excluding hydrogens is 582 g/mol. The first-order chi connectivity index (χ1) is 22.2. The number of hydroxylamine groups is 2. The van der Waals surface area contributed by atoms with Crippen molar-refractivity contribution in [1.82, 2.24) is 5.06 Å². The zero-order valence-corrected chi connectivity index (χ0v) is 28.9. The largest absolute Gasteiger partial charge is 0.507 e. The minimum Gasteiger partial charge on any atom is -0.507 e. The fourth-order valence-electron chi connectivity index (χ4n) is 5.46. The van der Waals surface area contributed by atoms with Gasteiger partial charge in [0.15, 0.2) is 0 Å². The van der Waals surface area contributed by atoms with Crippen molar-refractivity contribution in [2.45, 2.75) is 130 Å². The number of rotatable bonds is 24. The second-order valence-corrected chi connectivity index (χ2v) is 12.3. The molecule has 8 nitrogen and oxygen atoms in total. The lowest BCUT2D eigenvalue weighted by molar-refractivity contribution is -0.154. The van der Waals surface area contributed by atoms with Crippen molar-refractivity contribution in [2.24, 2.45) is 0 Å². The minimum absolute atomic E-state index is 0.0317. The Labute approximate surface area is 277 Å². The first-order valence-electron chi connectivity index (χ1n) is 17.6. The lowest BCUT2D eigenvalue weighted by Gasteiger charge is -2.15. The van der Waals surface area contributed by atoms with E-state index in [1.165, 1.54) is 0 Å². The maximum absolute atomic E-state index is 12.4. The summed E-state index contributed by atoms with van der Waals surface area (Å²) in [5, 5.41) is 32.5. The molecule has 0 bridgehead atoms. The van der Waals surface area contributed by atoms with Gasteiger partial charge in [0.1, 0.15) is 24.7 Å². The van der Waals surface area contributed by atoms with E-state index in [0.717, 1.165) is 115 Å². The molecule has 46 heavy (non-hydrogen) atoms. The van der Waals surface area contributed by atoms with E-state index in [2.05, 4.69) is 27.7 Å². The van der Waals surface area contributed by atoms with Gasteiger partial charge in [0, 0.05) is 12.8 Å². The summed E-state index contributed by atoms with van der Waals surface area (Å²) in [4.78, 5) is 24.8. The number of carbonyl (C=O) groups excluding carboxylic acids is 2. The Kier molecular flexibility index (Phi) is 19.1. The van der Waals surface area contributed by atoms with E-state index in [9.17, 15) is 25.0 Å². The van der Waals surface area contributed by atoms with Crippen LogP contribution in [0.2, 0.25) is 0 Å². The summed E-state index contributed by atoms with van der Waals surface area (Å²) in [7, 11) is 0. The number of unbranched alkanes of at least 4 members (excludes halogenated alkanes) is 4. The molecule has 0 radical (unpaired) electrons. The maximum atomic E-state index is 12.4. The quantitative estimate of drug-likeness (QED) is 0.0785. The zero-order chi connectivity index (χ0) is 33.7. The standard InChI is InChI=1S/C38H59NO7/c1-5-9-13-31-25-29(26-32(37(31)42)14-10-6-2)17-19-35(40)45-23-21-39(44)22-24-46-36(41)20-18-30-27-33(15-11-7-3)38(43)34(28-30)16-12-8-4/h25-28,42-44H,5-24H2,1-4H3. The molecule has 0 saturated carbocycles. The number of hydrogen-bond acceptors (Lipinski definition) is 8. The fourth-order valence-corrected chi connectivity index (χ4v) is 5.46. The molecule has 0 aliphatic carbocycles. The third-order valence-corrected chi connectivity index (χ3v) is 8.31. The molecule has 0 amide bonds. The summed E-state index contributed by atoms with van der Waals surface area (Å²) in [5.41, 5.74) is 5.84. The Hall–Kier alpha value is -3.10. The molecule has 0 spiro atoms. The molecule has 0 heterocycles. The molecule has 0 fully saturated rings. The van der Waals surface area contributed by atoms with Crippen molar-refractivity contribution in [3.05, 3.63) is 57.6 Å². The number of nitrogens with zero attached hydrogens (tertiary/aromatic N) is 1. The Morgan fingerprint density at radius 3 is 1.15 bits per heavy atom. The minimum atomic E-state index is -0.344. The number of esters is 2. The van der Waals surface area contributed by atoms with Crippen LogP contribution in [0.1, 0.15) is 125 Å². The lowest BCUT2D eigenvalue weighted by Crippen LogP contribution is -2.29. The Morgan fingerprint density at radius 1 is 0.565 bits per heavy atom. The Balaban J connectivity index is 1.72. The summed E-state index contributed by atoms with van der Waals surface area (Å²) < 4.78 is 10.6. The van der Waals surface area contributed by atoms with E-state index >= 15 is 0 Å². The topological polar surface area (TPSA) is 117 Å². The first kappa shape index (κ1) is 39.1. The average molecular weight is 642 g/mol. The van der Waals surface area contributed by atoms with Gasteiger partial charge in [-0.2, -0.15) is 5.06 Å². The summed E-state index contributed by atoms with van der Waals surface area (Å²) >= 11 is 0. The van der Waals surface area contributed by atoms with E-state index in [-0.39, 0.29) is 51.1 Å². The van der Waals surface area contributed by atoms with Crippen LogP contribution in [-0.4, -0.2) is 58.7 Å². The van der Waals surface area contributed by atoms with Crippen molar-refractivity contribution in [3.8, 4) is 11.5 Å². The van der Waals surface area contributed by atoms with Gasteiger partial charge >= 0.3 is 11.9 Å². The van der Waals surface area contributed by atoms with Gasteiger partial charge < -0.3 is 24.9 Å². The molecule has 0 aliphatic rings. The van der Waals surface area contributed by atoms with Crippen molar-refractivity contribution in [2.75, 3.05) is 26.3 Å². The SMILES string of the molecule is CCCCc1cc(CCC(=O)OCCN(O)CCOC(=O)CCc2cc(CCCC)c(O)c(CCCC)c2)cc(CCCC)c1O. The van der Waals surface area contributed by atoms with Crippen LogP contribution in [0.15, 0.2) is 24.3 Å². The Morgan fingerprint density at radius 2 is 0.870 bits per heavy atom. The highest BCUT2D eigenvalue weighted by molar-refractivity contribution is 5.70. The molecule has 258 valence electrons. The van der Waals surface area contributed by atoms with Crippen LogP contribution < -0.4 is 0 Å². The van der Waals surface area contributed by atoms with Gasteiger partial charge in [-0.3, -0.25) is 9.59 Å². The molecule has 2 aromatic carbocycles. The predicted molar refractivity (Wildman–Crippen MR) is 183 cm³/mol. The molecule has 3 N–H and O–H groups in total. The van der Waals surface area contributed by atoms with Crippen molar-refractivity contribution < 1.29 is 34.5 Å². The first-order valence-corrected chi connectivity index (χ1v) is 17.6. The number of ether oxygens (including phenoxy) is 2. The molecule has 2 aromatic rings. The average Bonchev–Trinajstić information content (AvgIpc) is 3.04. The predicted octanol–water partition coefficient (Wildman–Crippen LogP) is 7.81. The van der Waals surface area contributed by atoms with Crippen LogP contribution in [-0.2, 0) is 57.6 Å². The van der Waals surface area contributed by atoms with E-state index in [0.29, 0.717) is 24.3 Å². The number of benzene rings is 2. The van der Waals surface area contributed by atoms with E-state index in [1.807, 2.05) is 24.3 Å². The fraction of sp³-hybridized carbons (Fsp3) is 0.632. The van der Waals surface area contributed by atoms with Crippen molar-refractivity contribution in [3.63, 3.8) is 0 Å². The molecule has 0 unspecified atom stereocenters. The third-order valence-electron chi connectivity index (χ3n) is 8.31. The summed E-state index contributed by atoms with van der Waals surface area (Å²) in [6.07, 6.45) is 13.0. The van der Waals surface area contributed by atoms with Gasteiger partial charge in [0.05, 0.1) is 13.1 Å². The molecule has 0 aromatic heterocycles. The third kappa shape index (κ3) is 14.5. The van der Waals surface area contributed by atoms with Crippen LogP contribution in [0.25, 0.3) is 0 Å². The molecular formula is C38H59NO7. The van der Waals surface area contributed by atoms with Crippen LogP contribution in [0.5, 0.6) is 11.5 Å². The van der Waals surface area contributed by atoms with Crippen molar-refractivity contribution >= 4 is 11.9 Å². The second kappa shape index (κ2) is 22.4. The number of aromatic hydroxyl groups is 2. The highest BCUT2D eigenvalue weighted by Gasteiger charge is 2.14. The summed E-state index contributed by atoms with van der Waals surface area (Å²) in [5.74, 6) is 0.102. The molecule has 0 saturated heterocycles. The van der Waals surface area contributed by atoms with Crippen LogP contribution in [0, 0.1) is 0 Å². The number of phenolic OH excluding ortho intramolecular Hbond substituents is 2. The second-order valence-electron chi connectivity index (χ2n) is 12.3. The van der Waals surface area contributed by atoms with Gasteiger partial charge in [-0.15, -0.1) is 0 Å². The number of carbonyl (C=O) groups is 2. The number of phenols is 2. The van der Waals surface area contributed by atoms with Crippen LogP contribution >= 0.6 is 0 Å². The number of hydrogen-bond donors (Lipinski definition) is 3. The van der Waals surface area contributed by atoms with Gasteiger partial charge in [-0.1, -0.05) is 77.6 Å². The highest BCUT2D eigenvalue weighted by Crippen LogP contribution is 2.30. The number of aryl methyl sites for hydroxylation is 6. The van der Waals surface area contributed by atoms with Crippen LogP contribution in [0.3, 0.4) is 0 Å². The maximum Gasteiger partial charge on any atom is 0.306 e. The van der Waals surface area contributed by atoms with Gasteiger partial charge in [-0.05, 0) is 97.6 Å². The lowest BCUT2D eigenvalue weighted by atomic mass is 9.95. The molecule has 0 atom stereocenters. The summed E-state index contributed by atoms with van der Waals surface area (Å²) in [6.45, 7) is 8.79. The molecule has 8 heteroatoms. The Bertz CT molecular complexity index is 1050.